The summed E-state index contributed by atoms with van der Waals surface area (Å²) in [7, 11) is 0. The Balaban J connectivity index is 2.18. The normalized spacial score (nSPS) is 11.5. The summed E-state index contributed by atoms with van der Waals surface area (Å²) in [6.45, 7) is 3.81. The number of nitro benzene ring substituents is 1. The van der Waals surface area contributed by atoms with Gasteiger partial charge in [0.1, 0.15) is 0 Å². The highest BCUT2D eigenvalue weighted by Crippen LogP contribution is 2.22. The molecule has 0 fully saturated rings. The number of fused-ring (bicyclic) bond motifs is 1. The predicted octanol–water partition coefficient (Wildman–Crippen LogP) is 3.60. The molecular formula is C19H15N3O3S. The van der Waals surface area contributed by atoms with Crippen LogP contribution in [-0.4, -0.2) is 15.4 Å². The van der Waals surface area contributed by atoms with E-state index in [1.807, 2.05) is 25.1 Å². The molecule has 0 N–H and O–H groups in total. The summed E-state index contributed by atoms with van der Waals surface area (Å²) in [6.07, 6.45) is 5.46. The van der Waals surface area contributed by atoms with Gasteiger partial charge in [-0.05, 0) is 37.6 Å². The van der Waals surface area contributed by atoms with Crippen LogP contribution in [0.15, 0.2) is 41.4 Å². The van der Waals surface area contributed by atoms with Gasteiger partial charge in [-0.15, -0.1) is 6.42 Å². The summed E-state index contributed by atoms with van der Waals surface area (Å²) in [5.74, 6) is 2.05. The minimum atomic E-state index is -0.528. The Morgan fingerprint density at radius 2 is 2.12 bits per heavy atom. The maximum Gasteiger partial charge on any atom is 0.280 e. The Morgan fingerprint density at radius 1 is 1.35 bits per heavy atom. The van der Waals surface area contributed by atoms with Crippen LogP contribution in [0.3, 0.4) is 0 Å². The fourth-order valence-electron chi connectivity index (χ4n) is 2.71. The third kappa shape index (κ3) is 3.15. The van der Waals surface area contributed by atoms with Crippen LogP contribution in [-0.2, 0) is 6.54 Å². The highest BCUT2D eigenvalue weighted by Gasteiger charge is 2.18. The van der Waals surface area contributed by atoms with Gasteiger partial charge in [-0.2, -0.15) is 4.99 Å². The molecule has 6 nitrogen and oxygen atoms in total. The molecule has 0 radical (unpaired) electrons. The van der Waals surface area contributed by atoms with E-state index in [0.29, 0.717) is 10.4 Å². The molecule has 130 valence electrons. The maximum atomic E-state index is 12.7. The largest absolute Gasteiger partial charge is 0.305 e. The van der Waals surface area contributed by atoms with Crippen LogP contribution in [0.4, 0.5) is 5.69 Å². The van der Waals surface area contributed by atoms with E-state index in [1.165, 1.54) is 29.5 Å². The molecular weight excluding hydrogens is 350 g/mol. The van der Waals surface area contributed by atoms with E-state index < -0.39 is 10.8 Å². The molecule has 1 heterocycles. The van der Waals surface area contributed by atoms with Crippen molar-refractivity contribution in [3.05, 3.63) is 68.0 Å². The Labute approximate surface area is 153 Å². The Morgan fingerprint density at radius 3 is 2.81 bits per heavy atom. The number of carbonyl (C=O) groups excluding carboxylic acids is 1. The highest BCUT2D eigenvalue weighted by molar-refractivity contribution is 7.16. The molecule has 1 aromatic heterocycles. The molecule has 7 heteroatoms. The second-order valence-corrected chi connectivity index (χ2v) is 6.78. The van der Waals surface area contributed by atoms with Crippen molar-refractivity contribution in [2.24, 2.45) is 4.99 Å². The minimum absolute atomic E-state index is 0.102. The molecule has 26 heavy (non-hydrogen) atoms. The van der Waals surface area contributed by atoms with Crippen LogP contribution in [0.5, 0.6) is 0 Å². The van der Waals surface area contributed by atoms with Crippen LogP contribution in [0.2, 0.25) is 0 Å². The van der Waals surface area contributed by atoms with Crippen molar-refractivity contribution in [2.75, 3.05) is 0 Å². The van der Waals surface area contributed by atoms with E-state index in [-0.39, 0.29) is 17.8 Å². The van der Waals surface area contributed by atoms with Crippen molar-refractivity contribution in [3.8, 4) is 12.3 Å². The van der Waals surface area contributed by atoms with Crippen LogP contribution in [0, 0.1) is 36.3 Å². The highest BCUT2D eigenvalue weighted by atomic mass is 32.1. The summed E-state index contributed by atoms with van der Waals surface area (Å²) < 4.78 is 2.77. The van der Waals surface area contributed by atoms with Gasteiger partial charge in [0.25, 0.3) is 11.6 Å². The lowest BCUT2D eigenvalue weighted by atomic mass is 10.1. The average Bonchev–Trinajstić information content (AvgIpc) is 2.91. The summed E-state index contributed by atoms with van der Waals surface area (Å²) in [5.41, 5.74) is 2.40. The number of nitrogens with zero attached hydrogens (tertiary/aromatic N) is 3. The number of benzene rings is 2. The SMILES string of the molecule is C#CCn1c(=NC(=O)c2cccc([N+](=O)[O-])c2C)sc2cc(C)ccc21. The van der Waals surface area contributed by atoms with Gasteiger partial charge in [-0.3, -0.25) is 14.9 Å². The number of aromatic nitrogens is 1. The molecule has 3 rings (SSSR count). The molecule has 0 saturated heterocycles. The molecule has 0 spiro atoms. The monoisotopic (exact) mass is 365 g/mol. The van der Waals surface area contributed by atoms with Crippen molar-refractivity contribution in [1.82, 2.24) is 4.57 Å². The Hall–Kier alpha value is -3.24. The summed E-state index contributed by atoms with van der Waals surface area (Å²) in [4.78, 5) is 27.9. The third-order valence-electron chi connectivity index (χ3n) is 4.02. The van der Waals surface area contributed by atoms with Gasteiger partial charge in [0.2, 0.25) is 0 Å². The fraction of sp³-hybridized carbons (Fsp3) is 0.158. The predicted molar refractivity (Wildman–Crippen MR) is 101 cm³/mol. The number of amides is 1. The van der Waals surface area contributed by atoms with Crippen molar-refractivity contribution >= 4 is 33.1 Å². The second-order valence-electron chi connectivity index (χ2n) is 5.77. The zero-order chi connectivity index (χ0) is 18.8. The Kier molecular flexibility index (Phi) is 4.69. The second kappa shape index (κ2) is 6.94. The summed E-state index contributed by atoms with van der Waals surface area (Å²) >= 11 is 1.36. The molecule has 0 aliphatic carbocycles. The first kappa shape index (κ1) is 17.6. The first-order valence-corrected chi connectivity index (χ1v) is 8.60. The van der Waals surface area contributed by atoms with Gasteiger partial charge in [0, 0.05) is 11.6 Å². The number of terminal acetylenes is 1. The molecule has 2 aromatic carbocycles. The summed E-state index contributed by atoms with van der Waals surface area (Å²) in [5, 5.41) is 11.1. The molecule has 0 saturated carbocycles. The standard InChI is InChI=1S/C19H15N3O3S/c1-4-10-21-16-9-8-12(2)11-17(16)26-19(21)20-18(23)14-6-5-7-15(13(14)3)22(24)25/h1,5-9,11H,10H2,2-3H3. The van der Waals surface area contributed by atoms with Crippen molar-refractivity contribution in [1.29, 1.82) is 0 Å². The minimum Gasteiger partial charge on any atom is -0.305 e. The lowest BCUT2D eigenvalue weighted by molar-refractivity contribution is -0.385. The molecule has 0 aliphatic heterocycles. The zero-order valence-electron chi connectivity index (χ0n) is 14.2. The number of rotatable bonds is 3. The smallest absolute Gasteiger partial charge is 0.280 e. The Bertz CT molecular complexity index is 1150. The van der Waals surface area contributed by atoms with Gasteiger partial charge in [0.15, 0.2) is 4.80 Å². The molecule has 0 atom stereocenters. The number of thiazole rings is 1. The maximum absolute atomic E-state index is 12.7. The van der Waals surface area contributed by atoms with Gasteiger partial charge in [0.05, 0.1) is 27.2 Å². The van der Waals surface area contributed by atoms with Gasteiger partial charge >= 0.3 is 0 Å². The van der Waals surface area contributed by atoms with Crippen molar-refractivity contribution in [3.63, 3.8) is 0 Å². The fourth-order valence-corrected chi connectivity index (χ4v) is 3.84. The number of hydrogen-bond acceptors (Lipinski definition) is 4. The van der Waals surface area contributed by atoms with Crippen LogP contribution in [0.1, 0.15) is 21.5 Å². The zero-order valence-corrected chi connectivity index (χ0v) is 15.0. The van der Waals surface area contributed by atoms with Gasteiger partial charge in [-0.1, -0.05) is 29.4 Å². The van der Waals surface area contributed by atoms with Crippen molar-refractivity contribution < 1.29 is 9.72 Å². The number of hydrogen-bond donors (Lipinski definition) is 0. The van der Waals surface area contributed by atoms with Crippen molar-refractivity contribution in [2.45, 2.75) is 20.4 Å². The van der Waals surface area contributed by atoms with Crippen LogP contribution < -0.4 is 4.80 Å². The molecule has 0 unspecified atom stereocenters. The first-order chi connectivity index (χ1) is 12.4. The molecule has 3 aromatic rings. The third-order valence-corrected chi connectivity index (χ3v) is 5.06. The molecule has 1 amide bonds. The lowest BCUT2D eigenvalue weighted by Crippen LogP contribution is -2.17. The lowest BCUT2D eigenvalue weighted by Gasteiger charge is -2.02. The summed E-state index contributed by atoms with van der Waals surface area (Å²) in [6, 6.07) is 10.3. The topological polar surface area (TPSA) is 77.5 Å². The van der Waals surface area contributed by atoms with E-state index >= 15 is 0 Å². The average molecular weight is 365 g/mol. The van der Waals surface area contributed by atoms with E-state index in [0.717, 1.165) is 15.8 Å². The first-order valence-electron chi connectivity index (χ1n) is 7.79. The van der Waals surface area contributed by atoms with Gasteiger partial charge in [-0.25, -0.2) is 0 Å². The quantitative estimate of drug-likeness (QED) is 0.404. The van der Waals surface area contributed by atoms with Gasteiger partial charge < -0.3 is 4.57 Å². The van der Waals surface area contributed by atoms with E-state index in [2.05, 4.69) is 10.9 Å². The molecule has 0 aliphatic rings. The van der Waals surface area contributed by atoms with Crippen LogP contribution >= 0.6 is 11.3 Å². The van der Waals surface area contributed by atoms with E-state index in [1.54, 1.807) is 11.5 Å². The number of aryl methyl sites for hydroxylation is 1. The molecule has 0 bridgehead atoms. The van der Waals surface area contributed by atoms with E-state index in [4.69, 9.17) is 6.42 Å². The number of nitro groups is 1. The van der Waals surface area contributed by atoms with E-state index in [9.17, 15) is 14.9 Å². The van der Waals surface area contributed by atoms with Crippen LogP contribution in [0.25, 0.3) is 10.2 Å². The number of carbonyl (C=O) groups is 1.